The van der Waals surface area contributed by atoms with Crippen molar-refractivity contribution >= 4 is 18.0 Å². The van der Waals surface area contributed by atoms with E-state index in [0.29, 0.717) is 19.4 Å². The third-order valence-electron chi connectivity index (χ3n) is 3.28. The minimum absolute atomic E-state index is 0.124. The van der Waals surface area contributed by atoms with Crippen LogP contribution in [0.4, 0.5) is 0 Å². The van der Waals surface area contributed by atoms with Gasteiger partial charge in [0, 0.05) is 19.6 Å². The zero-order valence-corrected chi connectivity index (χ0v) is 11.0. The van der Waals surface area contributed by atoms with Gasteiger partial charge in [0.2, 0.25) is 6.08 Å². The lowest BCUT2D eigenvalue weighted by molar-refractivity contribution is -0.154. The molecule has 7 nitrogen and oxygen atoms in total. The molecule has 0 radical (unpaired) electrons. The molecular formula is C12H18N2O5. The number of ether oxygens (including phenoxy) is 1. The van der Waals surface area contributed by atoms with Gasteiger partial charge in [-0.3, -0.25) is 4.79 Å². The molecular weight excluding hydrogens is 252 g/mol. The molecule has 0 saturated carbocycles. The highest BCUT2D eigenvalue weighted by Gasteiger charge is 2.38. The van der Waals surface area contributed by atoms with Crippen LogP contribution < -0.4 is 0 Å². The number of aliphatic carboxylic acids is 1. The smallest absolute Gasteiger partial charge is 0.326 e. The van der Waals surface area contributed by atoms with Crippen LogP contribution in [-0.4, -0.2) is 60.3 Å². The summed E-state index contributed by atoms with van der Waals surface area (Å²) in [5, 5.41) is 9.06. The first kappa shape index (κ1) is 15.3. The zero-order valence-electron chi connectivity index (χ0n) is 11.0. The molecule has 1 rings (SSSR count). The van der Waals surface area contributed by atoms with Crippen molar-refractivity contribution in [2.24, 2.45) is 10.9 Å². The van der Waals surface area contributed by atoms with Crippen molar-refractivity contribution in [3.8, 4) is 0 Å². The minimum atomic E-state index is -1.00. The Labute approximate surface area is 111 Å². The van der Waals surface area contributed by atoms with Crippen LogP contribution >= 0.6 is 0 Å². The lowest BCUT2D eigenvalue weighted by atomic mass is 10.0. The van der Waals surface area contributed by atoms with E-state index in [1.807, 2.05) is 0 Å². The van der Waals surface area contributed by atoms with Gasteiger partial charge in [-0.15, -0.1) is 0 Å². The fourth-order valence-electron chi connectivity index (χ4n) is 2.30. The minimum Gasteiger partial charge on any atom is -0.480 e. The fraction of sp³-hybridized carbons (Fsp3) is 0.750. The molecule has 1 N–H and O–H groups in total. The van der Waals surface area contributed by atoms with Gasteiger partial charge in [-0.2, -0.15) is 0 Å². The van der Waals surface area contributed by atoms with Crippen LogP contribution in [0, 0.1) is 5.92 Å². The first-order valence-electron chi connectivity index (χ1n) is 6.12. The van der Waals surface area contributed by atoms with E-state index < -0.39 is 18.1 Å². The molecule has 1 amide bonds. The quantitative estimate of drug-likeness (QED) is 0.543. The predicted molar refractivity (Wildman–Crippen MR) is 65.3 cm³/mol. The van der Waals surface area contributed by atoms with E-state index in [1.54, 1.807) is 6.92 Å². The predicted octanol–water partition coefficient (Wildman–Crippen LogP) is 0.0489. The van der Waals surface area contributed by atoms with Crippen molar-refractivity contribution in [1.29, 1.82) is 0 Å². The van der Waals surface area contributed by atoms with E-state index in [2.05, 4.69) is 4.99 Å². The van der Waals surface area contributed by atoms with Gasteiger partial charge in [0.05, 0.1) is 6.54 Å². The van der Waals surface area contributed by atoms with Gasteiger partial charge < -0.3 is 14.7 Å². The van der Waals surface area contributed by atoms with Crippen LogP contribution in [0.1, 0.15) is 19.8 Å². The number of amides is 1. The van der Waals surface area contributed by atoms with E-state index in [1.165, 1.54) is 18.1 Å². The van der Waals surface area contributed by atoms with E-state index in [0.717, 1.165) is 0 Å². The molecule has 0 aromatic rings. The molecule has 19 heavy (non-hydrogen) atoms. The second-order valence-corrected chi connectivity index (χ2v) is 4.59. The molecule has 1 fully saturated rings. The van der Waals surface area contributed by atoms with Crippen molar-refractivity contribution in [2.75, 3.05) is 20.2 Å². The Kier molecular flexibility index (Phi) is 5.66. The molecule has 1 saturated heterocycles. The van der Waals surface area contributed by atoms with Gasteiger partial charge >= 0.3 is 5.97 Å². The summed E-state index contributed by atoms with van der Waals surface area (Å²) in [5.41, 5.74) is 0. The molecule has 1 heterocycles. The van der Waals surface area contributed by atoms with Crippen molar-refractivity contribution < 1.29 is 24.2 Å². The number of methoxy groups -OCH3 is 1. The number of carboxylic acids is 1. The number of aliphatic imine (C=N–C) groups is 1. The van der Waals surface area contributed by atoms with Crippen molar-refractivity contribution in [1.82, 2.24) is 4.90 Å². The number of carbonyl (C=O) groups excluding carboxylic acids is 2. The average molecular weight is 270 g/mol. The molecule has 0 spiro atoms. The lowest BCUT2D eigenvalue weighted by Crippen LogP contribution is -2.48. The Morgan fingerprint density at radius 2 is 2.26 bits per heavy atom. The Bertz CT molecular complexity index is 392. The van der Waals surface area contributed by atoms with Crippen LogP contribution in [0.5, 0.6) is 0 Å². The normalized spacial score (nSPS) is 21.6. The largest absolute Gasteiger partial charge is 0.480 e. The monoisotopic (exact) mass is 270 g/mol. The topological polar surface area (TPSA) is 96.3 Å². The SMILES string of the molecule is CO[C@H](C(=O)N1CCC[C@H]1C(=O)O)C(C)CN=C=O. The van der Waals surface area contributed by atoms with Crippen molar-refractivity contribution in [3.05, 3.63) is 0 Å². The van der Waals surface area contributed by atoms with Gasteiger partial charge in [-0.25, -0.2) is 14.6 Å². The summed E-state index contributed by atoms with van der Waals surface area (Å²) < 4.78 is 5.14. The number of rotatable bonds is 6. The molecule has 0 bridgehead atoms. The molecule has 0 aliphatic carbocycles. The summed E-state index contributed by atoms with van der Waals surface area (Å²) in [6.45, 7) is 2.26. The van der Waals surface area contributed by atoms with E-state index in [9.17, 15) is 14.4 Å². The highest BCUT2D eigenvalue weighted by atomic mass is 16.5. The Hall–Kier alpha value is -1.72. The van der Waals surface area contributed by atoms with Gasteiger partial charge in [-0.1, -0.05) is 6.92 Å². The Morgan fingerprint density at radius 3 is 2.79 bits per heavy atom. The maximum atomic E-state index is 12.3. The Balaban J connectivity index is 2.77. The van der Waals surface area contributed by atoms with Crippen LogP contribution in [-0.2, 0) is 19.1 Å². The standard InChI is InChI=1S/C12H18N2O5/c1-8(6-13-7-15)10(19-2)11(16)14-5-3-4-9(14)12(17)18/h8-10H,3-6H2,1-2H3,(H,17,18)/t8?,9-,10-/m0/s1. The number of hydrogen-bond acceptors (Lipinski definition) is 5. The summed E-state index contributed by atoms with van der Waals surface area (Å²) in [6, 6.07) is -0.785. The maximum Gasteiger partial charge on any atom is 0.326 e. The van der Waals surface area contributed by atoms with Gasteiger partial charge in [-0.05, 0) is 12.8 Å². The second-order valence-electron chi connectivity index (χ2n) is 4.59. The summed E-state index contributed by atoms with van der Waals surface area (Å²) in [7, 11) is 1.38. The van der Waals surface area contributed by atoms with Crippen molar-refractivity contribution in [2.45, 2.75) is 31.9 Å². The summed E-state index contributed by atoms with van der Waals surface area (Å²) in [6.07, 6.45) is 1.74. The average Bonchev–Trinajstić information content (AvgIpc) is 2.86. The van der Waals surface area contributed by atoms with Crippen LogP contribution in [0.2, 0.25) is 0 Å². The number of carbonyl (C=O) groups is 2. The third-order valence-corrected chi connectivity index (χ3v) is 3.28. The van der Waals surface area contributed by atoms with Gasteiger partial charge in [0.25, 0.3) is 5.91 Å². The van der Waals surface area contributed by atoms with Crippen LogP contribution in [0.15, 0.2) is 4.99 Å². The van der Waals surface area contributed by atoms with Crippen LogP contribution in [0.25, 0.3) is 0 Å². The number of likely N-dealkylation sites (tertiary alicyclic amines) is 1. The van der Waals surface area contributed by atoms with Gasteiger partial charge in [0.1, 0.15) is 12.1 Å². The van der Waals surface area contributed by atoms with Crippen molar-refractivity contribution in [3.63, 3.8) is 0 Å². The second kappa shape index (κ2) is 7.01. The molecule has 7 heteroatoms. The van der Waals surface area contributed by atoms with E-state index >= 15 is 0 Å². The summed E-state index contributed by atoms with van der Waals surface area (Å²) >= 11 is 0. The molecule has 3 atom stereocenters. The highest BCUT2D eigenvalue weighted by molar-refractivity contribution is 5.87. The maximum absolute atomic E-state index is 12.3. The molecule has 1 aliphatic heterocycles. The van der Waals surface area contributed by atoms with Crippen LogP contribution in [0.3, 0.4) is 0 Å². The number of nitrogens with zero attached hydrogens (tertiary/aromatic N) is 2. The Morgan fingerprint density at radius 1 is 1.58 bits per heavy atom. The van der Waals surface area contributed by atoms with E-state index in [-0.39, 0.29) is 18.4 Å². The third kappa shape index (κ3) is 3.62. The zero-order chi connectivity index (χ0) is 14.4. The summed E-state index contributed by atoms with van der Waals surface area (Å²) in [4.78, 5) is 38.2. The highest BCUT2D eigenvalue weighted by Crippen LogP contribution is 2.21. The summed E-state index contributed by atoms with van der Waals surface area (Å²) in [5.74, 6) is -1.67. The number of carboxylic acid groups (broad SMARTS) is 1. The molecule has 1 aliphatic rings. The fourth-order valence-corrected chi connectivity index (χ4v) is 2.30. The molecule has 0 aromatic heterocycles. The first-order valence-corrected chi connectivity index (χ1v) is 6.12. The lowest BCUT2D eigenvalue weighted by Gasteiger charge is -2.28. The van der Waals surface area contributed by atoms with E-state index in [4.69, 9.17) is 9.84 Å². The molecule has 1 unspecified atom stereocenters. The van der Waals surface area contributed by atoms with Gasteiger partial charge in [0.15, 0.2) is 0 Å². The first-order chi connectivity index (χ1) is 9.02. The molecule has 106 valence electrons. The number of isocyanates is 1. The molecule has 0 aromatic carbocycles. The number of hydrogen-bond donors (Lipinski definition) is 1.